The molecule has 3 aromatic rings. The number of aromatic nitrogens is 1. The minimum Gasteiger partial charge on any atom is -0.331 e. The van der Waals surface area contributed by atoms with Crippen molar-refractivity contribution in [1.82, 2.24) is 4.98 Å². The second-order valence-electron chi connectivity index (χ2n) is 5.58. The fourth-order valence-corrected chi connectivity index (χ4v) is 3.85. The van der Waals surface area contributed by atoms with Crippen molar-refractivity contribution in [2.75, 3.05) is 10.6 Å². The van der Waals surface area contributed by atoms with Crippen LogP contribution >= 0.6 is 11.3 Å². The Kier molecular flexibility index (Phi) is 3.74. The number of hydrogen-bond acceptors (Lipinski definition) is 4. The summed E-state index contributed by atoms with van der Waals surface area (Å²) in [6.45, 7) is 0. The number of carbonyl (C=O) groups is 1. The molecule has 0 aliphatic carbocycles. The van der Waals surface area contributed by atoms with Crippen molar-refractivity contribution >= 4 is 33.9 Å². The van der Waals surface area contributed by atoms with E-state index in [1.807, 2.05) is 30.3 Å². The van der Waals surface area contributed by atoms with Gasteiger partial charge in [0, 0.05) is 18.0 Å². The minimum absolute atomic E-state index is 0.0756. The first-order valence-electron chi connectivity index (χ1n) is 7.57. The van der Waals surface area contributed by atoms with Crippen LogP contribution in [-0.2, 0) is 4.79 Å². The highest BCUT2D eigenvalue weighted by Gasteiger charge is 2.30. The summed E-state index contributed by atoms with van der Waals surface area (Å²) < 4.78 is 13.2. The summed E-state index contributed by atoms with van der Waals surface area (Å²) in [6.07, 6.45) is 0.339. The number of hydrogen-bond donors (Lipinski definition) is 2. The number of rotatable bonds is 3. The van der Waals surface area contributed by atoms with E-state index in [4.69, 9.17) is 0 Å². The van der Waals surface area contributed by atoms with Gasteiger partial charge in [-0.2, -0.15) is 0 Å². The standard InChI is InChI=1S/C18H14FN3OS/c19-12-8-6-11(7-9-12)14-10-15(23)21-17-16(14)24-18(22-17)20-13-4-2-1-3-5-13/h1-9,14H,10H2,(H,20,22)(H,21,23)/t14-/m0/s1. The lowest BCUT2D eigenvalue weighted by atomic mass is 9.92. The fraction of sp³-hybridized carbons (Fsp3) is 0.111. The van der Waals surface area contributed by atoms with E-state index in [1.54, 1.807) is 12.1 Å². The van der Waals surface area contributed by atoms with E-state index >= 15 is 0 Å². The zero-order chi connectivity index (χ0) is 16.5. The maximum Gasteiger partial charge on any atom is 0.226 e. The Morgan fingerprint density at radius 1 is 1.12 bits per heavy atom. The van der Waals surface area contributed by atoms with E-state index in [2.05, 4.69) is 15.6 Å². The molecule has 4 nitrogen and oxygen atoms in total. The number of nitrogens with zero attached hydrogens (tertiary/aromatic N) is 1. The molecule has 120 valence electrons. The van der Waals surface area contributed by atoms with Crippen molar-refractivity contribution in [1.29, 1.82) is 0 Å². The maximum atomic E-state index is 13.2. The molecule has 0 unspecified atom stereocenters. The van der Waals surface area contributed by atoms with Gasteiger partial charge in [0.2, 0.25) is 5.91 Å². The van der Waals surface area contributed by atoms with Crippen LogP contribution in [0.2, 0.25) is 0 Å². The zero-order valence-electron chi connectivity index (χ0n) is 12.6. The van der Waals surface area contributed by atoms with E-state index < -0.39 is 0 Å². The molecule has 1 aromatic heterocycles. The van der Waals surface area contributed by atoms with Gasteiger partial charge >= 0.3 is 0 Å². The number of anilines is 3. The van der Waals surface area contributed by atoms with Gasteiger partial charge in [0.05, 0.1) is 4.88 Å². The minimum atomic E-state index is -0.282. The summed E-state index contributed by atoms with van der Waals surface area (Å²) in [5, 5.41) is 6.80. The van der Waals surface area contributed by atoms with E-state index in [0.29, 0.717) is 12.2 Å². The number of halogens is 1. The van der Waals surface area contributed by atoms with Crippen LogP contribution in [0.15, 0.2) is 54.6 Å². The molecule has 2 aromatic carbocycles. The second kappa shape index (κ2) is 6.05. The van der Waals surface area contributed by atoms with Crippen molar-refractivity contribution in [3.05, 3.63) is 70.9 Å². The highest BCUT2D eigenvalue weighted by molar-refractivity contribution is 7.16. The SMILES string of the molecule is O=C1C[C@@H](c2ccc(F)cc2)c2sc(Nc3ccccc3)nc2N1. The lowest BCUT2D eigenvalue weighted by Gasteiger charge is -2.21. The Bertz CT molecular complexity index is 877. The normalized spacial score (nSPS) is 16.4. The number of thiazole rings is 1. The molecule has 24 heavy (non-hydrogen) atoms. The summed E-state index contributed by atoms with van der Waals surface area (Å²) in [6, 6.07) is 16.0. The number of nitrogens with one attached hydrogen (secondary N) is 2. The van der Waals surface area contributed by atoms with E-state index in [-0.39, 0.29) is 17.6 Å². The van der Waals surface area contributed by atoms with Crippen LogP contribution < -0.4 is 10.6 Å². The number of carbonyl (C=O) groups excluding carboxylic acids is 1. The molecule has 4 rings (SSSR count). The number of amides is 1. The first-order valence-corrected chi connectivity index (χ1v) is 8.39. The van der Waals surface area contributed by atoms with Crippen LogP contribution in [0.3, 0.4) is 0 Å². The molecule has 2 heterocycles. The molecule has 0 bridgehead atoms. The quantitative estimate of drug-likeness (QED) is 0.739. The third-order valence-corrected chi connectivity index (χ3v) is 5.00. The first kappa shape index (κ1) is 14.8. The summed E-state index contributed by atoms with van der Waals surface area (Å²) in [7, 11) is 0. The van der Waals surface area contributed by atoms with Crippen LogP contribution in [0.4, 0.5) is 21.0 Å². The molecule has 0 radical (unpaired) electrons. The molecule has 6 heteroatoms. The average Bonchev–Trinajstić information content (AvgIpc) is 2.98. The first-order chi connectivity index (χ1) is 11.7. The monoisotopic (exact) mass is 339 g/mol. The van der Waals surface area contributed by atoms with Gasteiger partial charge in [0.25, 0.3) is 0 Å². The van der Waals surface area contributed by atoms with Crippen LogP contribution in [-0.4, -0.2) is 10.9 Å². The van der Waals surface area contributed by atoms with Gasteiger partial charge in [-0.15, -0.1) is 0 Å². The lowest BCUT2D eigenvalue weighted by molar-refractivity contribution is -0.116. The fourth-order valence-electron chi connectivity index (χ4n) is 2.78. The van der Waals surface area contributed by atoms with Crippen LogP contribution in [0.1, 0.15) is 22.8 Å². The number of para-hydroxylation sites is 1. The van der Waals surface area contributed by atoms with Crippen molar-refractivity contribution in [3.63, 3.8) is 0 Å². The van der Waals surface area contributed by atoms with Gasteiger partial charge in [-0.05, 0) is 29.8 Å². The summed E-state index contributed by atoms with van der Waals surface area (Å²) in [5.74, 6) is 0.130. The Labute approximate surface area is 142 Å². The van der Waals surface area contributed by atoms with E-state index in [9.17, 15) is 9.18 Å². The Morgan fingerprint density at radius 2 is 1.88 bits per heavy atom. The summed E-state index contributed by atoms with van der Waals surface area (Å²) in [5.41, 5.74) is 1.86. The Morgan fingerprint density at radius 3 is 2.62 bits per heavy atom. The topological polar surface area (TPSA) is 54.0 Å². The molecular weight excluding hydrogens is 325 g/mol. The Balaban J connectivity index is 1.68. The molecule has 1 atom stereocenters. The maximum absolute atomic E-state index is 13.2. The van der Waals surface area contributed by atoms with E-state index in [1.165, 1.54) is 23.5 Å². The predicted molar refractivity (Wildman–Crippen MR) is 93.3 cm³/mol. The van der Waals surface area contributed by atoms with Gasteiger partial charge in [0.1, 0.15) is 11.6 Å². The van der Waals surface area contributed by atoms with E-state index in [0.717, 1.165) is 21.3 Å². The number of benzene rings is 2. The second-order valence-corrected chi connectivity index (χ2v) is 6.61. The molecule has 1 aliphatic heterocycles. The van der Waals surface area contributed by atoms with Gasteiger partial charge in [-0.1, -0.05) is 41.7 Å². The molecule has 1 amide bonds. The van der Waals surface area contributed by atoms with Gasteiger partial charge in [-0.25, -0.2) is 9.37 Å². The van der Waals surface area contributed by atoms with Gasteiger partial charge < -0.3 is 10.6 Å². The van der Waals surface area contributed by atoms with Crippen LogP contribution in [0.5, 0.6) is 0 Å². The van der Waals surface area contributed by atoms with Crippen molar-refractivity contribution in [2.24, 2.45) is 0 Å². The zero-order valence-corrected chi connectivity index (χ0v) is 13.4. The van der Waals surface area contributed by atoms with Crippen LogP contribution in [0.25, 0.3) is 0 Å². The third-order valence-electron chi connectivity index (χ3n) is 3.91. The highest BCUT2D eigenvalue weighted by Crippen LogP contribution is 2.42. The third kappa shape index (κ3) is 2.88. The largest absolute Gasteiger partial charge is 0.331 e. The number of fused-ring (bicyclic) bond motifs is 1. The van der Waals surface area contributed by atoms with Crippen molar-refractivity contribution < 1.29 is 9.18 Å². The lowest BCUT2D eigenvalue weighted by Crippen LogP contribution is -2.22. The highest BCUT2D eigenvalue weighted by atomic mass is 32.1. The molecule has 0 saturated carbocycles. The van der Waals surface area contributed by atoms with Crippen molar-refractivity contribution in [2.45, 2.75) is 12.3 Å². The molecule has 1 aliphatic rings. The summed E-state index contributed by atoms with van der Waals surface area (Å²) in [4.78, 5) is 17.5. The summed E-state index contributed by atoms with van der Waals surface area (Å²) >= 11 is 1.51. The molecular formula is C18H14FN3OS. The molecule has 0 saturated heterocycles. The van der Waals surface area contributed by atoms with Gasteiger partial charge in [-0.3, -0.25) is 4.79 Å². The average molecular weight is 339 g/mol. The van der Waals surface area contributed by atoms with Crippen molar-refractivity contribution in [3.8, 4) is 0 Å². The predicted octanol–water partition coefficient (Wildman–Crippen LogP) is 4.50. The Hall–Kier alpha value is -2.73. The molecule has 0 fully saturated rings. The van der Waals surface area contributed by atoms with Crippen LogP contribution in [0, 0.1) is 5.82 Å². The van der Waals surface area contributed by atoms with Gasteiger partial charge in [0.15, 0.2) is 5.13 Å². The molecule has 2 N–H and O–H groups in total. The molecule has 0 spiro atoms. The smallest absolute Gasteiger partial charge is 0.226 e.